The molecule has 1 aliphatic heterocycles. The number of ether oxygens (including phenoxy) is 1. The van der Waals surface area contributed by atoms with Gasteiger partial charge in [-0.15, -0.1) is 0 Å². The van der Waals surface area contributed by atoms with E-state index in [1.165, 1.54) is 4.90 Å². The van der Waals surface area contributed by atoms with Crippen molar-refractivity contribution in [3.8, 4) is 0 Å². The quantitative estimate of drug-likeness (QED) is 0.305. The molecule has 0 bridgehead atoms. The molecule has 1 aromatic heterocycles. The van der Waals surface area contributed by atoms with E-state index in [0.29, 0.717) is 10.3 Å². The molecule has 0 aliphatic carbocycles. The number of pyridine rings is 1. The lowest BCUT2D eigenvalue weighted by Gasteiger charge is -2.23. The molecule has 1 saturated heterocycles. The fourth-order valence-corrected chi connectivity index (χ4v) is 3.17. The van der Waals surface area contributed by atoms with Gasteiger partial charge in [-0.25, -0.2) is 4.98 Å². The number of hydrogen-bond acceptors (Lipinski definition) is 4. The van der Waals surface area contributed by atoms with Crippen LogP contribution in [0.25, 0.3) is 10.9 Å². The first-order valence-corrected chi connectivity index (χ1v) is 9.45. The number of fused-ring (bicyclic) bond motifs is 1. The van der Waals surface area contributed by atoms with E-state index >= 15 is 0 Å². The lowest BCUT2D eigenvalue weighted by Crippen LogP contribution is -3.14. The number of morpholine rings is 1. The fraction of sp³-hybridized carbons (Fsp3) is 0.389. The Labute approximate surface area is 163 Å². The predicted molar refractivity (Wildman–Crippen MR) is 109 cm³/mol. The van der Waals surface area contributed by atoms with E-state index in [0.717, 1.165) is 61.4 Å². The monoisotopic (exact) mass is 392 g/mol. The summed E-state index contributed by atoms with van der Waals surface area (Å²) in [6.45, 7) is 7.61. The minimum absolute atomic E-state index is 0.420. The molecule has 138 valence electrons. The maximum absolute atomic E-state index is 6.25. The molecule has 26 heavy (non-hydrogen) atoms. The zero-order chi connectivity index (χ0) is 18.4. The standard InChI is InChI=1S/C18H22ClN5OS/c1-13-2-3-14-11-15(17(19)22-16(14)10-13)12-21-23-18(26)20-4-5-24-6-8-25-9-7-24/h2-3,10-12H,4-9H2,1H3,(H2,20,23,26)/p+1/b21-12-. The zero-order valence-corrected chi connectivity index (χ0v) is 16.3. The van der Waals surface area contributed by atoms with E-state index < -0.39 is 0 Å². The van der Waals surface area contributed by atoms with Crippen LogP contribution in [0.4, 0.5) is 0 Å². The van der Waals surface area contributed by atoms with E-state index in [1.807, 2.05) is 31.2 Å². The van der Waals surface area contributed by atoms with E-state index in [4.69, 9.17) is 28.6 Å². The first-order chi connectivity index (χ1) is 12.6. The third-order valence-corrected chi connectivity index (χ3v) is 4.83. The number of hydrazone groups is 1. The second-order valence-corrected chi connectivity index (χ2v) is 7.07. The number of halogens is 1. The van der Waals surface area contributed by atoms with Gasteiger partial charge in [0.25, 0.3) is 0 Å². The largest absolute Gasteiger partial charge is 0.370 e. The number of nitrogens with zero attached hydrogens (tertiary/aromatic N) is 2. The van der Waals surface area contributed by atoms with Crippen LogP contribution >= 0.6 is 23.8 Å². The summed E-state index contributed by atoms with van der Waals surface area (Å²) < 4.78 is 5.35. The summed E-state index contributed by atoms with van der Waals surface area (Å²) in [4.78, 5) is 5.95. The maximum Gasteiger partial charge on any atom is 0.187 e. The van der Waals surface area contributed by atoms with Crippen LogP contribution in [-0.4, -0.2) is 55.7 Å². The summed E-state index contributed by atoms with van der Waals surface area (Å²) in [5.74, 6) is 0. The Morgan fingerprint density at radius 3 is 3.00 bits per heavy atom. The van der Waals surface area contributed by atoms with E-state index in [2.05, 4.69) is 20.8 Å². The average molecular weight is 393 g/mol. The van der Waals surface area contributed by atoms with Crippen LogP contribution < -0.4 is 15.6 Å². The van der Waals surface area contributed by atoms with Gasteiger partial charge >= 0.3 is 0 Å². The Morgan fingerprint density at radius 1 is 1.38 bits per heavy atom. The number of aryl methyl sites for hydroxylation is 1. The van der Waals surface area contributed by atoms with E-state index in [9.17, 15) is 0 Å². The first kappa shape index (κ1) is 19.0. The highest BCUT2D eigenvalue weighted by Crippen LogP contribution is 2.20. The number of aromatic nitrogens is 1. The van der Waals surface area contributed by atoms with Crippen LogP contribution in [0.3, 0.4) is 0 Å². The molecular formula is C18H23ClN5OS+. The van der Waals surface area contributed by atoms with Crippen molar-refractivity contribution in [3.05, 3.63) is 40.5 Å². The Balaban J connectivity index is 1.49. The van der Waals surface area contributed by atoms with Crippen molar-refractivity contribution >= 4 is 46.0 Å². The van der Waals surface area contributed by atoms with Gasteiger partial charge in [0.15, 0.2) is 5.11 Å². The molecule has 0 unspecified atom stereocenters. The van der Waals surface area contributed by atoms with Crippen LogP contribution in [-0.2, 0) is 4.74 Å². The lowest BCUT2D eigenvalue weighted by molar-refractivity contribution is -0.906. The minimum Gasteiger partial charge on any atom is -0.370 e. The highest BCUT2D eigenvalue weighted by molar-refractivity contribution is 7.80. The first-order valence-electron chi connectivity index (χ1n) is 8.67. The Bertz CT molecular complexity index is 808. The highest BCUT2D eigenvalue weighted by atomic mass is 35.5. The van der Waals surface area contributed by atoms with E-state index in [1.54, 1.807) is 6.21 Å². The maximum atomic E-state index is 6.25. The number of benzene rings is 1. The van der Waals surface area contributed by atoms with Gasteiger partial charge in [0, 0.05) is 10.9 Å². The van der Waals surface area contributed by atoms with Crippen molar-refractivity contribution in [2.75, 3.05) is 39.4 Å². The summed E-state index contributed by atoms with van der Waals surface area (Å²) in [6, 6.07) is 8.05. The van der Waals surface area contributed by atoms with Gasteiger partial charge < -0.3 is 15.0 Å². The molecule has 1 fully saturated rings. The topological polar surface area (TPSA) is 63.0 Å². The van der Waals surface area contributed by atoms with Crippen LogP contribution in [0.15, 0.2) is 29.4 Å². The molecule has 2 heterocycles. The molecule has 1 aromatic carbocycles. The molecule has 2 aromatic rings. The summed E-state index contributed by atoms with van der Waals surface area (Å²) in [6.07, 6.45) is 1.63. The lowest BCUT2D eigenvalue weighted by atomic mass is 10.1. The van der Waals surface area contributed by atoms with Crippen molar-refractivity contribution in [2.45, 2.75) is 6.92 Å². The summed E-state index contributed by atoms with van der Waals surface area (Å²) in [5.41, 5.74) is 5.60. The molecule has 0 radical (unpaired) electrons. The van der Waals surface area contributed by atoms with Gasteiger partial charge in [-0.3, -0.25) is 5.43 Å². The molecule has 3 N–H and O–H groups in total. The van der Waals surface area contributed by atoms with Crippen molar-refractivity contribution < 1.29 is 9.64 Å². The summed E-state index contributed by atoms with van der Waals surface area (Å²) in [7, 11) is 0. The van der Waals surface area contributed by atoms with Gasteiger partial charge in [0.1, 0.15) is 18.2 Å². The van der Waals surface area contributed by atoms with Gasteiger partial charge in [-0.2, -0.15) is 5.10 Å². The molecule has 8 heteroatoms. The molecule has 1 aliphatic rings. The molecule has 6 nitrogen and oxygen atoms in total. The van der Waals surface area contributed by atoms with Crippen molar-refractivity contribution in [3.63, 3.8) is 0 Å². The van der Waals surface area contributed by atoms with Gasteiger partial charge in [-0.05, 0) is 36.8 Å². The van der Waals surface area contributed by atoms with Crippen molar-refractivity contribution in [2.24, 2.45) is 5.10 Å². The predicted octanol–water partition coefficient (Wildman–Crippen LogP) is 0.910. The number of nitrogens with one attached hydrogen (secondary N) is 3. The van der Waals surface area contributed by atoms with Gasteiger partial charge in [0.2, 0.25) is 0 Å². The van der Waals surface area contributed by atoms with Crippen LogP contribution in [0.5, 0.6) is 0 Å². The summed E-state index contributed by atoms with van der Waals surface area (Å²) >= 11 is 11.5. The Kier molecular flexibility index (Phi) is 6.73. The smallest absolute Gasteiger partial charge is 0.187 e. The Morgan fingerprint density at radius 2 is 2.19 bits per heavy atom. The zero-order valence-electron chi connectivity index (χ0n) is 14.7. The van der Waals surface area contributed by atoms with Gasteiger partial charge in [-0.1, -0.05) is 23.7 Å². The second-order valence-electron chi connectivity index (χ2n) is 6.30. The highest BCUT2D eigenvalue weighted by Gasteiger charge is 2.12. The van der Waals surface area contributed by atoms with Crippen molar-refractivity contribution in [1.29, 1.82) is 0 Å². The van der Waals surface area contributed by atoms with Crippen molar-refractivity contribution in [1.82, 2.24) is 15.7 Å². The molecule has 0 amide bonds. The third kappa shape index (κ3) is 5.35. The number of rotatable bonds is 5. The third-order valence-electron chi connectivity index (χ3n) is 4.29. The second kappa shape index (κ2) is 9.23. The normalized spacial score (nSPS) is 15.5. The number of hydrogen-bond donors (Lipinski definition) is 3. The number of thiocarbonyl (C=S) groups is 1. The van der Waals surface area contributed by atoms with Crippen LogP contribution in [0.2, 0.25) is 5.15 Å². The Hall–Kier alpha value is -1.80. The van der Waals surface area contributed by atoms with E-state index in [-0.39, 0.29) is 0 Å². The number of quaternary nitrogens is 1. The SMILES string of the molecule is Cc1ccc2cc(/C=N\NC(=S)NCC[NH+]3CCOCC3)c(Cl)nc2c1. The molecule has 3 rings (SSSR count). The van der Waals surface area contributed by atoms with Crippen LogP contribution in [0, 0.1) is 6.92 Å². The molecule has 0 saturated carbocycles. The molecule has 0 atom stereocenters. The summed E-state index contributed by atoms with van der Waals surface area (Å²) in [5, 5.41) is 9.26. The molecular weight excluding hydrogens is 370 g/mol. The average Bonchev–Trinajstić information content (AvgIpc) is 2.63. The van der Waals surface area contributed by atoms with Gasteiger partial charge in [0.05, 0.1) is 38.0 Å². The molecule has 0 spiro atoms. The fourth-order valence-electron chi connectivity index (χ4n) is 2.82. The minimum atomic E-state index is 0.420. The van der Waals surface area contributed by atoms with Crippen LogP contribution in [0.1, 0.15) is 11.1 Å².